The van der Waals surface area contributed by atoms with Crippen molar-refractivity contribution in [1.29, 1.82) is 0 Å². The monoisotopic (exact) mass is 274 g/mol. The fourth-order valence-corrected chi connectivity index (χ4v) is 2.41. The maximum atomic E-state index is 12.0. The Bertz CT molecular complexity index is 508. The summed E-state index contributed by atoms with van der Waals surface area (Å²) in [5.74, 6) is 0.435. The molecule has 1 aromatic carbocycles. The van der Waals surface area contributed by atoms with Crippen LogP contribution in [0.1, 0.15) is 27.2 Å². The van der Waals surface area contributed by atoms with Gasteiger partial charge in [0.2, 0.25) is 0 Å². The molecule has 0 spiro atoms. The number of ether oxygens (including phenoxy) is 1. The number of hydrogen-bond acceptors (Lipinski definition) is 3. The predicted molar refractivity (Wildman–Crippen MR) is 80.2 cm³/mol. The van der Waals surface area contributed by atoms with Crippen molar-refractivity contribution in [3.05, 3.63) is 42.3 Å². The highest BCUT2D eigenvalue weighted by Crippen LogP contribution is 2.31. The molecule has 1 aliphatic heterocycles. The molecule has 1 aromatic rings. The summed E-state index contributed by atoms with van der Waals surface area (Å²) in [4.78, 5) is 14.1. The van der Waals surface area contributed by atoms with E-state index >= 15 is 0 Å². The highest BCUT2D eigenvalue weighted by atomic mass is 16.5. The van der Waals surface area contributed by atoms with Crippen molar-refractivity contribution >= 4 is 11.6 Å². The van der Waals surface area contributed by atoms with E-state index in [2.05, 4.69) is 19.2 Å². The first-order valence-corrected chi connectivity index (χ1v) is 6.87. The molecular formula is C16H22N2O2. The number of carbonyl (C=O) groups is 1. The van der Waals surface area contributed by atoms with E-state index in [1.165, 1.54) is 6.08 Å². The van der Waals surface area contributed by atoms with E-state index in [9.17, 15) is 4.79 Å². The number of rotatable bonds is 2. The third kappa shape index (κ3) is 3.32. The Balaban J connectivity index is 2.11. The van der Waals surface area contributed by atoms with Gasteiger partial charge in [0.25, 0.3) is 5.91 Å². The van der Waals surface area contributed by atoms with Crippen molar-refractivity contribution in [2.45, 2.75) is 38.8 Å². The molecule has 0 saturated carbocycles. The number of carbonyl (C=O) groups excluding carboxylic acids is 1. The van der Waals surface area contributed by atoms with Crippen LogP contribution >= 0.6 is 0 Å². The third-order valence-electron chi connectivity index (χ3n) is 3.64. The van der Waals surface area contributed by atoms with Crippen molar-refractivity contribution in [2.75, 3.05) is 12.4 Å². The second-order valence-electron chi connectivity index (χ2n) is 5.84. The first kappa shape index (κ1) is 14.4. The van der Waals surface area contributed by atoms with Gasteiger partial charge in [-0.3, -0.25) is 4.79 Å². The van der Waals surface area contributed by atoms with Gasteiger partial charge in [-0.15, -0.1) is 0 Å². The molecule has 1 saturated heterocycles. The fourth-order valence-electron chi connectivity index (χ4n) is 2.41. The molecule has 0 bridgehead atoms. The molecule has 1 amide bonds. The van der Waals surface area contributed by atoms with E-state index < -0.39 is 0 Å². The summed E-state index contributed by atoms with van der Waals surface area (Å²) < 4.78 is 5.77. The maximum absolute atomic E-state index is 12.0. The van der Waals surface area contributed by atoms with Crippen LogP contribution < -0.4 is 5.32 Å². The average molecular weight is 274 g/mol. The Kier molecular flexibility index (Phi) is 4.02. The minimum absolute atomic E-state index is 0.0173. The summed E-state index contributed by atoms with van der Waals surface area (Å²) >= 11 is 0. The Morgan fingerprint density at radius 3 is 2.70 bits per heavy atom. The van der Waals surface area contributed by atoms with Crippen molar-refractivity contribution < 1.29 is 9.53 Å². The second kappa shape index (κ2) is 5.57. The number of anilines is 1. The number of nitrogens with zero attached hydrogens (tertiary/aromatic N) is 1. The second-order valence-corrected chi connectivity index (χ2v) is 5.84. The van der Waals surface area contributed by atoms with Crippen LogP contribution in [0, 0.1) is 0 Å². The molecule has 2 rings (SSSR count). The van der Waals surface area contributed by atoms with Gasteiger partial charge in [0.05, 0.1) is 12.2 Å². The van der Waals surface area contributed by atoms with Gasteiger partial charge >= 0.3 is 0 Å². The van der Waals surface area contributed by atoms with Crippen LogP contribution in [0.2, 0.25) is 0 Å². The molecule has 1 aliphatic rings. The minimum atomic E-state index is -0.178. The zero-order valence-corrected chi connectivity index (χ0v) is 12.5. The molecule has 1 heterocycles. The lowest BCUT2D eigenvalue weighted by molar-refractivity contribution is -0.112. The molecule has 0 aromatic heterocycles. The summed E-state index contributed by atoms with van der Waals surface area (Å²) in [5, 5.41) is 2.83. The Morgan fingerprint density at radius 1 is 1.40 bits per heavy atom. The van der Waals surface area contributed by atoms with Crippen LogP contribution in [0.4, 0.5) is 5.69 Å². The van der Waals surface area contributed by atoms with Gasteiger partial charge in [-0.05, 0) is 32.9 Å². The molecule has 1 N–H and O–H groups in total. The van der Waals surface area contributed by atoms with Crippen LogP contribution in [0.15, 0.2) is 42.3 Å². The van der Waals surface area contributed by atoms with Crippen LogP contribution in [0.5, 0.6) is 0 Å². The summed E-state index contributed by atoms with van der Waals surface area (Å²) in [7, 11) is 1.95. The number of para-hydroxylation sites is 1. The summed E-state index contributed by atoms with van der Waals surface area (Å²) in [5.41, 5.74) is 0.761. The predicted octanol–water partition coefficient (Wildman–Crippen LogP) is 2.99. The lowest BCUT2D eigenvalue weighted by atomic mass is 9.94. The number of hydrogen-bond donors (Lipinski definition) is 1. The van der Waals surface area contributed by atoms with Gasteiger partial charge in [0.15, 0.2) is 5.88 Å². The van der Waals surface area contributed by atoms with Crippen molar-refractivity contribution in [3.63, 3.8) is 0 Å². The standard InChI is InChI=1S/C16H22N2O2/c1-12-11-16(2,3)18(4)15(20-12)10-14(19)17-13-8-6-5-7-9-13/h5-10,12H,11H2,1-4H3,(H,17,19)/b15-10-. The quantitative estimate of drug-likeness (QED) is 0.843. The van der Waals surface area contributed by atoms with Gasteiger partial charge in [0.1, 0.15) is 0 Å². The zero-order chi connectivity index (χ0) is 14.8. The summed E-state index contributed by atoms with van der Waals surface area (Å²) in [6, 6.07) is 9.40. The van der Waals surface area contributed by atoms with Gasteiger partial charge in [-0.25, -0.2) is 0 Å². The van der Waals surface area contributed by atoms with Gasteiger partial charge in [-0.1, -0.05) is 18.2 Å². The topological polar surface area (TPSA) is 41.6 Å². The maximum Gasteiger partial charge on any atom is 0.253 e. The van der Waals surface area contributed by atoms with E-state index in [-0.39, 0.29) is 17.6 Å². The molecule has 20 heavy (non-hydrogen) atoms. The molecule has 0 aliphatic carbocycles. The van der Waals surface area contributed by atoms with Gasteiger partial charge in [-0.2, -0.15) is 0 Å². The molecular weight excluding hydrogens is 252 g/mol. The summed E-state index contributed by atoms with van der Waals surface area (Å²) in [6.45, 7) is 6.32. The van der Waals surface area contributed by atoms with Crippen LogP contribution in [0.25, 0.3) is 0 Å². The van der Waals surface area contributed by atoms with E-state index in [0.29, 0.717) is 5.88 Å². The van der Waals surface area contributed by atoms with Crippen molar-refractivity contribution in [1.82, 2.24) is 4.90 Å². The fraction of sp³-hybridized carbons (Fsp3) is 0.438. The molecule has 0 radical (unpaired) electrons. The lowest BCUT2D eigenvalue weighted by Crippen LogP contribution is -2.48. The van der Waals surface area contributed by atoms with Crippen LogP contribution in [0.3, 0.4) is 0 Å². The Morgan fingerprint density at radius 2 is 2.05 bits per heavy atom. The number of nitrogens with one attached hydrogen (secondary N) is 1. The smallest absolute Gasteiger partial charge is 0.253 e. The van der Waals surface area contributed by atoms with E-state index in [4.69, 9.17) is 4.74 Å². The van der Waals surface area contributed by atoms with Crippen LogP contribution in [-0.2, 0) is 9.53 Å². The number of benzene rings is 1. The van der Waals surface area contributed by atoms with Gasteiger partial charge < -0.3 is 15.0 Å². The molecule has 108 valence electrons. The largest absolute Gasteiger partial charge is 0.476 e. The van der Waals surface area contributed by atoms with E-state index in [1.54, 1.807) is 0 Å². The zero-order valence-electron chi connectivity index (χ0n) is 12.5. The first-order chi connectivity index (χ1) is 9.38. The highest BCUT2D eigenvalue weighted by molar-refractivity contribution is 5.99. The minimum Gasteiger partial charge on any atom is -0.476 e. The molecule has 1 unspecified atom stereocenters. The highest BCUT2D eigenvalue weighted by Gasteiger charge is 2.34. The molecule has 1 atom stereocenters. The Hall–Kier alpha value is -1.97. The first-order valence-electron chi connectivity index (χ1n) is 6.87. The van der Waals surface area contributed by atoms with Gasteiger partial charge in [0, 0.05) is 24.7 Å². The third-order valence-corrected chi connectivity index (χ3v) is 3.64. The van der Waals surface area contributed by atoms with Crippen LogP contribution in [-0.4, -0.2) is 29.5 Å². The lowest BCUT2D eigenvalue weighted by Gasteiger charge is -2.45. The normalized spacial score (nSPS) is 23.3. The SMILES string of the molecule is CC1CC(C)(C)N(C)/C(=C/C(=O)Nc2ccccc2)O1. The number of amides is 1. The van der Waals surface area contributed by atoms with E-state index in [1.807, 2.05) is 49.2 Å². The molecule has 4 heteroatoms. The summed E-state index contributed by atoms with van der Waals surface area (Å²) in [6.07, 6.45) is 2.56. The van der Waals surface area contributed by atoms with Crippen molar-refractivity contribution in [3.8, 4) is 0 Å². The van der Waals surface area contributed by atoms with Crippen molar-refractivity contribution in [2.24, 2.45) is 0 Å². The Labute approximate surface area is 120 Å². The van der Waals surface area contributed by atoms with E-state index in [0.717, 1.165) is 12.1 Å². The molecule has 4 nitrogen and oxygen atoms in total. The average Bonchev–Trinajstić information content (AvgIpc) is 2.36. The molecule has 1 fully saturated rings.